The van der Waals surface area contributed by atoms with Crippen LogP contribution in [-0.4, -0.2) is 18.8 Å². The monoisotopic (exact) mass is 246 g/mol. The Labute approximate surface area is 107 Å². The molecule has 1 heterocycles. The molecule has 2 rings (SSSR count). The molecule has 0 aliphatic carbocycles. The summed E-state index contributed by atoms with van der Waals surface area (Å²) in [5, 5.41) is 3.87. The Kier molecular flexibility index (Phi) is 3.67. The molecule has 2 aromatic rings. The molecule has 2 N–H and O–H groups in total. The Bertz CT molecular complexity index is 547. The van der Waals surface area contributed by atoms with Gasteiger partial charge in [-0.05, 0) is 44.0 Å². The second kappa shape index (κ2) is 5.23. The maximum Gasteiger partial charge on any atom is 0.173 e. The van der Waals surface area contributed by atoms with E-state index in [1.165, 1.54) is 5.56 Å². The molecule has 0 amide bonds. The van der Waals surface area contributed by atoms with E-state index in [0.29, 0.717) is 6.54 Å². The molecule has 1 aromatic carbocycles. The van der Waals surface area contributed by atoms with Gasteiger partial charge in [-0.25, -0.2) is 0 Å². The Balaban J connectivity index is 2.58. The second-order valence-electron chi connectivity index (χ2n) is 4.38. The lowest BCUT2D eigenvalue weighted by Crippen LogP contribution is -2.03. The average molecular weight is 246 g/mol. The number of nitrogens with zero attached hydrogens (tertiary/aromatic N) is 1. The van der Waals surface area contributed by atoms with E-state index in [4.69, 9.17) is 15.0 Å². The molecule has 0 saturated heterocycles. The van der Waals surface area contributed by atoms with Crippen LogP contribution in [0.1, 0.15) is 16.7 Å². The summed E-state index contributed by atoms with van der Waals surface area (Å²) in [4.78, 5) is 0. The summed E-state index contributed by atoms with van der Waals surface area (Å²) >= 11 is 0. The van der Waals surface area contributed by atoms with Crippen molar-refractivity contribution in [3.05, 3.63) is 35.0 Å². The number of nitrogens with two attached hydrogens (primary N) is 1. The highest BCUT2D eigenvalue weighted by molar-refractivity contribution is 5.71. The van der Waals surface area contributed by atoms with Gasteiger partial charge >= 0.3 is 0 Å². The zero-order valence-electron chi connectivity index (χ0n) is 11.0. The van der Waals surface area contributed by atoms with Crippen LogP contribution >= 0.6 is 0 Å². The number of aromatic nitrogens is 1. The highest BCUT2D eigenvalue weighted by atomic mass is 16.5. The third-order valence-electron chi connectivity index (χ3n) is 2.93. The molecule has 0 bridgehead atoms. The summed E-state index contributed by atoms with van der Waals surface area (Å²) < 4.78 is 10.8. The standard InChI is InChI=1S/C14H18N2O2/c1-9-6-10(2)13(17-3)12(7-9)14-11(4-5-15)8-16-18-14/h6-8H,4-5,15H2,1-3H3. The van der Waals surface area contributed by atoms with Crippen molar-refractivity contribution in [2.24, 2.45) is 5.73 Å². The van der Waals surface area contributed by atoms with E-state index in [1.807, 2.05) is 13.0 Å². The third kappa shape index (κ3) is 2.24. The predicted octanol–water partition coefficient (Wildman–Crippen LogP) is 2.47. The van der Waals surface area contributed by atoms with Crippen molar-refractivity contribution in [3.63, 3.8) is 0 Å². The Morgan fingerprint density at radius 3 is 2.78 bits per heavy atom. The molecule has 18 heavy (non-hydrogen) atoms. The molecule has 0 aliphatic rings. The van der Waals surface area contributed by atoms with E-state index in [1.54, 1.807) is 13.3 Å². The molecule has 0 fully saturated rings. The predicted molar refractivity (Wildman–Crippen MR) is 70.7 cm³/mol. The van der Waals surface area contributed by atoms with Gasteiger partial charge in [-0.1, -0.05) is 11.2 Å². The van der Waals surface area contributed by atoms with Gasteiger partial charge in [0.05, 0.1) is 18.9 Å². The Hall–Kier alpha value is -1.81. The minimum Gasteiger partial charge on any atom is -0.496 e. The molecule has 1 aromatic heterocycles. The zero-order valence-corrected chi connectivity index (χ0v) is 11.0. The highest BCUT2D eigenvalue weighted by Gasteiger charge is 2.17. The van der Waals surface area contributed by atoms with E-state index in [9.17, 15) is 0 Å². The van der Waals surface area contributed by atoms with Crippen LogP contribution in [0.3, 0.4) is 0 Å². The van der Waals surface area contributed by atoms with Gasteiger partial charge in [0.2, 0.25) is 0 Å². The summed E-state index contributed by atoms with van der Waals surface area (Å²) in [5.41, 5.74) is 9.80. The summed E-state index contributed by atoms with van der Waals surface area (Å²) in [6.07, 6.45) is 2.47. The summed E-state index contributed by atoms with van der Waals surface area (Å²) in [6.45, 7) is 4.64. The maximum absolute atomic E-state index is 5.60. The maximum atomic E-state index is 5.60. The molecule has 4 nitrogen and oxygen atoms in total. The van der Waals surface area contributed by atoms with Crippen LogP contribution in [0.5, 0.6) is 5.75 Å². The Morgan fingerprint density at radius 2 is 2.11 bits per heavy atom. The van der Waals surface area contributed by atoms with Crippen LogP contribution in [0.4, 0.5) is 0 Å². The van der Waals surface area contributed by atoms with Crippen molar-refractivity contribution in [2.75, 3.05) is 13.7 Å². The molecule has 0 spiro atoms. The van der Waals surface area contributed by atoms with Crippen molar-refractivity contribution < 1.29 is 9.26 Å². The van der Waals surface area contributed by atoms with Gasteiger partial charge in [-0.2, -0.15) is 0 Å². The number of methoxy groups -OCH3 is 1. The van der Waals surface area contributed by atoms with Crippen LogP contribution in [0.2, 0.25) is 0 Å². The average Bonchev–Trinajstić information content (AvgIpc) is 2.76. The lowest BCUT2D eigenvalue weighted by atomic mass is 10.0. The second-order valence-corrected chi connectivity index (χ2v) is 4.38. The first-order valence-corrected chi connectivity index (χ1v) is 5.96. The van der Waals surface area contributed by atoms with Gasteiger partial charge in [0.1, 0.15) is 5.75 Å². The van der Waals surface area contributed by atoms with E-state index in [-0.39, 0.29) is 0 Å². The fourth-order valence-electron chi connectivity index (χ4n) is 2.21. The molecule has 0 saturated carbocycles. The molecular weight excluding hydrogens is 228 g/mol. The Morgan fingerprint density at radius 1 is 1.33 bits per heavy atom. The van der Waals surface area contributed by atoms with Crippen LogP contribution in [0, 0.1) is 13.8 Å². The molecule has 96 valence electrons. The van der Waals surface area contributed by atoms with Gasteiger partial charge in [0.25, 0.3) is 0 Å². The van der Waals surface area contributed by atoms with Gasteiger partial charge in [-0.3, -0.25) is 0 Å². The van der Waals surface area contributed by atoms with Crippen molar-refractivity contribution >= 4 is 0 Å². The fourth-order valence-corrected chi connectivity index (χ4v) is 2.21. The summed E-state index contributed by atoms with van der Waals surface area (Å²) in [6, 6.07) is 4.13. The molecule has 4 heteroatoms. The van der Waals surface area contributed by atoms with Crippen molar-refractivity contribution in [2.45, 2.75) is 20.3 Å². The van der Waals surface area contributed by atoms with E-state index in [2.05, 4.69) is 18.1 Å². The van der Waals surface area contributed by atoms with Crippen molar-refractivity contribution in [1.82, 2.24) is 5.16 Å². The van der Waals surface area contributed by atoms with Crippen LogP contribution in [0.15, 0.2) is 22.9 Å². The number of hydrogen-bond donors (Lipinski definition) is 1. The van der Waals surface area contributed by atoms with Gasteiger partial charge in [0, 0.05) is 5.56 Å². The normalized spacial score (nSPS) is 10.7. The minimum atomic E-state index is 0.571. The van der Waals surface area contributed by atoms with E-state index < -0.39 is 0 Å². The fraction of sp³-hybridized carbons (Fsp3) is 0.357. The largest absolute Gasteiger partial charge is 0.496 e. The lowest BCUT2D eigenvalue weighted by Gasteiger charge is -2.11. The van der Waals surface area contributed by atoms with E-state index in [0.717, 1.165) is 34.6 Å². The highest BCUT2D eigenvalue weighted by Crippen LogP contribution is 2.35. The minimum absolute atomic E-state index is 0.571. The first-order chi connectivity index (χ1) is 8.67. The SMILES string of the molecule is COc1c(C)cc(C)cc1-c1oncc1CCN. The number of ether oxygens (including phenoxy) is 1. The van der Waals surface area contributed by atoms with Gasteiger partial charge in [0.15, 0.2) is 5.76 Å². The number of benzene rings is 1. The number of hydrogen-bond acceptors (Lipinski definition) is 4. The molecule has 0 radical (unpaired) electrons. The van der Waals surface area contributed by atoms with Crippen molar-refractivity contribution in [1.29, 1.82) is 0 Å². The first-order valence-electron chi connectivity index (χ1n) is 5.96. The van der Waals surface area contributed by atoms with E-state index >= 15 is 0 Å². The van der Waals surface area contributed by atoms with Crippen LogP contribution in [0.25, 0.3) is 11.3 Å². The van der Waals surface area contributed by atoms with Crippen LogP contribution < -0.4 is 10.5 Å². The smallest absolute Gasteiger partial charge is 0.173 e. The number of rotatable bonds is 4. The summed E-state index contributed by atoms with van der Waals surface area (Å²) in [5.74, 6) is 1.58. The van der Waals surface area contributed by atoms with Crippen molar-refractivity contribution in [3.8, 4) is 17.1 Å². The lowest BCUT2D eigenvalue weighted by molar-refractivity contribution is 0.403. The molecule has 0 unspecified atom stereocenters. The summed E-state index contributed by atoms with van der Waals surface area (Å²) in [7, 11) is 1.67. The van der Waals surface area contributed by atoms with Gasteiger partial charge in [-0.15, -0.1) is 0 Å². The zero-order chi connectivity index (χ0) is 13.1. The topological polar surface area (TPSA) is 61.3 Å². The van der Waals surface area contributed by atoms with Crippen LogP contribution in [-0.2, 0) is 6.42 Å². The van der Waals surface area contributed by atoms with Gasteiger partial charge < -0.3 is 15.0 Å². The third-order valence-corrected chi connectivity index (χ3v) is 2.93. The molecular formula is C14H18N2O2. The number of aryl methyl sites for hydroxylation is 2. The molecule has 0 aliphatic heterocycles. The molecule has 0 atom stereocenters. The quantitative estimate of drug-likeness (QED) is 0.900. The first kappa shape index (κ1) is 12.6.